The second kappa shape index (κ2) is 7.29. The first kappa shape index (κ1) is 16.3. The van der Waals surface area contributed by atoms with Crippen LogP contribution in [-0.2, 0) is 4.79 Å². The number of halogens is 3. The van der Waals surface area contributed by atoms with Gasteiger partial charge in [0.25, 0.3) is 5.91 Å². The zero-order valence-corrected chi connectivity index (χ0v) is 15.0. The Labute approximate surface area is 144 Å². The first-order valence-electron chi connectivity index (χ1n) is 6.09. The summed E-state index contributed by atoms with van der Waals surface area (Å²) in [4.78, 5) is 11.9. The highest BCUT2D eigenvalue weighted by atomic mass is 79.9. The van der Waals surface area contributed by atoms with Crippen LogP contribution in [-0.4, -0.2) is 12.5 Å². The fourth-order valence-electron chi connectivity index (χ4n) is 1.63. The molecule has 0 aliphatic heterocycles. The van der Waals surface area contributed by atoms with Gasteiger partial charge in [-0.25, -0.2) is 0 Å². The summed E-state index contributed by atoms with van der Waals surface area (Å²) >= 11 is 12.8. The van der Waals surface area contributed by atoms with Gasteiger partial charge >= 0.3 is 0 Å². The number of hydrogen-bond donors (Lipinski definition) is 1. The fraction of sp³-hybridized carbons (Fsp3) is 0.133. The molecular formula is C15H12Br2ClNO2. The van der Waals surface area contributed by atoms with E-state index in [2.05, 4.69) is 37.2 Å². The Kier molecular flexibility index (Phi) is 5.67. The Hall–Kier alpha value is -1.04. The number of aryl methyl sites for hydroxylation is 1. The van der Waals surface area contributed by atoms with Gasteiger partial charge in [-0.15, -0.1) is 0 Å². The second-order valence-electron chi connectivity index (χ2n) is 4.37. The molecule has 0 unspecified atom stereocenters. The summed E-state index contributed by atoms with van der Waals surface area (Å²) in [7, 11) is 0. The molecular weight excluding hydrogens is 421 g/mol. The van der Waals surface area contributed by atoms with Crippen LogP contribution in [0, 0.1) is 6.92 Å². The molecule has 1 amide bonds. The molecule has 0 spiro atoms. The number of anilines is 1. The van der Waals surface area contributed by atoms with Gasteiger partial charge in [-0.1, -0.05) is 43.5 Å². The van der Waals surface area contributed by atoms with Gasteiger partial charge < -0.3 is 10.1 Å². The average Bonchev–Trinajstić information content (AvgIpc) is 2.43. The van der Waals surface area contributed by atoms with E-state index < -0.39 is 0 Å². The number of amides is 1. The fourth-order valence-corrected chi connectivity index (χ4v) is 2.60. The molecule has 0 bridgehead atoms. The number of carbonyl (C=O) groups excluding carboxylic acids is 1. The van der Waals surface area contributed by atoms with E-state index >= 15 is 0 Å². The highest BCUT2D eigenvalue weighted by molar-refractivity contribution is 9.10. The number of ether oxygens (including phenoxy) is 1. The number of rotatable bonds is 4. The molecule has 0 aliphatic rings. The predicted octanol–water partition coefficient (Wildman–Crippen LogP) is 5.19. The summed E-state index contributed by atoms with van der Waals surface area (Å²) in [5.74, 6) is 0.382. The van der Waals surface area contributed by atoms with Crippen LogP contribution in [0.15, 0.2) is 45.3 Å². The molecule has 0 aliphatic carbocycles. The van der Waals surface area contributed by atoms with Crippen molar-refractivity contribution in [3.63, 3.8) is 0 Å². The van der Waals surface area contributed by atoms with Gasteiger partial charge in [0.1, 0.15) is 5.75 Å². The van der Waals surface area contributed by atoms with E-state index in [0.717, 1.165) is 14.5 Å². The zero-order valence-electron chi connectivity index (χ0n) is 11.1. The van der Waals surface area contributed by atoms with Crippen molar-refractivity contribution < 1.29 is 9.53 Å². The van der Waals surface area contributed by atoms with Crippen molar-refractivity contribution >= 4 is 55.1 Å². The van der Waals surface area contributed by atoms with Crippen LogP contribution in [0.5, 0.6) is 5.75 Å². The Balaban J connectivity index is 1.94. The van der Waals surface area contributed by atoms with Crippen molar-refractivity contribution in [1.82, 2.24) is 0 Å². The lowest BCUT2D eigenvalue weighted by atomic mass is 10.2. The summed E-state index contributed by atoms with van der Waals surface area (Å²) < 4.78 is 7.31. The van der Waals surface area contributed by atoms with Gasteiger partial charge in [-0.2, -0.15) is 0 Å². The summed E-state index contributed by atoms with van der Waals surface area (Å²) in [6.45, 7) is 1.88. The van der Waals surface area contributed by atoms with Crippen LogP contribution in [0.2, 0.25) is 5.02 Å². The monoisotopic (exact) mass is 431 g/mol. The van der Waals surface area contributed by atoms with Crippen molar-refractivity contribution in [2.45, 2.75) is 6.92 Å². The maximum atomic E-state index is 11.9. The van der Waals surface area contributed by atoms with Gasteiger partial charge in [-0.05, 0) is 48.9 Å². The average molecular weight is 434 g/mol. The highest BCUT2D eigenvalue weighted by Crippen LogP contribution is 2.26. The van der Waals surface area contributed by atoms with Gasteiger partial charge in [0.05, 0.1) is 10.7 Å². The summed E-state index contributed by atoms with van der Waals surface area (Å²) in [6, 6.07) is 10.8. The number of benzene rings is 2. The van der Waals surface area contributed by atoms with Crippen LogP contribution < -0.4 is 10.1 Å². The minimum absolute atomic E-state index is 0.0759. The van der Waals surface area contributed by atoms with Crippen molar-refractivity contribution in [2.24, 2.45) is 0 Å². The van der Waals surface area contributed by atoms with E-state index in [0.29, 0.717) is 16.5 Å². The Morgan fingerprint density at radius 1 is 1.24 bits per heavy atom. The minimum atomic E-state index is -0.264. The van der Waals surface area contributed by atoms with E-state index in [1.165, 1.54) is 0 Å². The van der Waals surface area contributed by atoms with Crippen LogP contribution in [0.3, 0.4) is 0 Å². The molecule has 6 heteroatoms. The number of hydrogen-bond acceptors (Lipinski definition) is 2. The molecule has 110 valence electrons. The minimum Gasteiger partial charge on any atom is -0.484 e. The van der Waals surface area contributed by atoms with Gasteiger partial charge in [0.15, 0.2) is 6.61 Å². The molecule has 0 aromatic heterocycles. The van der Waals surface area contributed by atoms with E-state index in [1.807, 2.05) is 19.1 Å². The topological polar surface area (TPSA) is 38.3 Å². The lowest BCUT2D eigenvalue weighted by Gasteiger charge is -2.10. The van der Waals surface area contributed by atoms with E-state index in [-0.39, 0.29) is 12.5 Å². The highest BCUT2D eigenvalue weighted by Gasteiger charge is 2.07. The molecule has 1 N–H and O–H groups in total. The van der Waals surface area contributed by atoms with Crippen LogP contribution in [0.1, 0.15) is 5.56 Å². The third kappa shape index (κ3) is 4.73. The molecule has 0 atom stereocenters. The van der Waals surface area contributed by atoms with Crippen LogP contribution in [0.25, 0.3) is 0 Å². The molecule has 21 heavy (non-hydrogen) atoms. The molecule has 2 aromatic carbocycles. The van der Waals surface area contributed by atoms with Crippen molar-refractivity contribution in [1.29, 1.82) is 0 Å². The van der Waals surface area contributed by atoms with Crippen molar-refractivity contribution in [3.05, 3.63) is 55.9 Å². The molecule has 0 heterocycles. The number of nitrogens with one attached hydrogen (secondary N) is 1. The van der Waals surface area contributed by atoms with E-state index in [9.17, 15) is 4.79 Å². The largest absolute Gasteiger partial charge is 0.484 e. The van der Waals surface area contributed by atoms with Gasteiger partial charge in [0, 0.05) is 8.95 Å². The lowest BCUT2D eigenvalue weighted by molar-refractivity contribution is -0.118. The molecule has 0 saturated carbocycles. The zero-order chi connectivity index (χ0) is 15.4. The maximum absolute atomic E-state index is 11.9. The first-order valence-corrected chi connectivity index (χ1v) is 8.06. The maximum Gasteiger partial charge on any atom is 0.262 e. The lowest BCUT2D eigenvalue weighted by Crippen LogP contribution is -2.20. The molecule has 0 radical (unpaired) electrons. The third-order valence-corrected chi connectivity index (χ3v) is 4.40. The Bertz CT molecular complexity index is 677. The standard InChI is InChI=1S/C15H12Br2ClNO2/c1-9-6-11(3-4-12(9)17)21-8-15(20)19-14-5-2-10(16)7-13(14)18/h2-7H,8H2,1H3,(H,19,20). The van der Waals surface area contributed by atoms with E-state index in [4.69, 9.17) is 16.3 Å². The first-order chi connectivity index (χ1) is 9.95. The predicted molar refractivity (Wildman–Crippen MR) is 92.2 cm³/mol. The van der Waals surface area contributed by atoms with Crippen LogP contribution in [0.4, 0.5) is 5.69 Å². The Morgan fingerprint density at radius 2 is 2.00 bits per heavy atom. The molecule has 0 saturated heterocycles. The second-order valence-corrected chi connectivity index (χ2v) is 6.55. The van der Waals surface area contributed by atoms with Gasteiger partial charge in [0.2, 0.25) is 0 Å². The van der Waals surface area contributed by atoms with Gasteiger partial charge in [-0.3, -0.25) is 4.79 Å². The number of carbonyl (C=O) groups is 1. The van der Waals surface area contributed by atoms with Crippen LogP contribution >= 0.6 is 43.5 Å². The van der Waals surface area contributed by atoms with Crippen molar-refractivity contribution in [2.75, 3.05) is 11.9 Å². The SMILES string of the molecule is Cc1cc(OCC(=O)Nc2ccc(Br)cc2Cl)ccc1Br. The normalized spacial score (nSPS) is 10.3. The van der Waals surface area contributed by atoms with Crippen molar-refractivity contribution in [3.8, 4) is 5.75 Å². The Morgan fingerprint density at radius 3 is 2.67 bits per heavy atom. The summed E-state index contributed by atoms with van der Waals surface area (Å²) in [5.41, 5.74) is 1.60. The third-order valence-electron chi connectivity index (χ3n) is 2.70. The molecule has 2 rings (SSSR count). The quantitative estimate of drug-likeness (QED) is 0.721. The smallest absolute Gasteiger partial charge is 0.262 e. The summed E-state index contributed by atoms with van der Waals surface area (Å²) in [6.07, 6.45) is 0. The van der Waals surface area contributed by atoms with E-state index in [1.54, 1.807) is 24.3 Å². The molecule has 3 nitrogen and oxygen atoms in total. The molecule has 2 aromatic rings. The molecule has 0 fully saturated rings. The summed E-state index contributed by atoms with van der Waals surface area (Å²) in [5, 5.41) is 3.18.